The zero-order chi connectivity index (χ0) is 14.8. The Balaban J connectivity index is 5.58. The Bertz CT molecular complexity index is 306. The van der Waals surface area contributed by atoms with Crippen molar-refractivity contribution in [3.8, 4) is 0 Å². The van der Waals surface area contributed by atoms with Gasteiger partial charge in [0.25, 0.3) is 0 Å². The Morgan fingerprint density at radius 1 is 1.17 bits per heavy atom. The summed E-state index contributed by atoms with van der Waals surface area (Å²) in [6.07, 6.45) is 0. The van der Waals surface area contributed by atoms with E-state index in [1.165, 1.54) is 7.11 Å². The van der Waals surface area contributed by atoms with E-state index in [0.29, 0.717) is 0 Å². The Labute approximate surface area is 111 Å². The van der Waals surface area contributed by atoms with Crippen molar-refractivity contribution >= 4 is 7.60 Å². The van der Waals surface area contributed by atoms with Crippen LogP contribution >= 0.6 is 7.60 Å². The molecule has 0 aromatic carbocycles. The van der Waals surface area contributed by atoms with Crippen molar-refractivity contribution in [2.75, 3.05) is 13.7 Å². The van der Waals surface area contributed by atoms with Crippen molar-refractivity contribution in [2.24, 2.45) is 5.41 Å². The second-order valence-electron chi connectivity index (χ2n) is 6.38. The molecular formula is C12H27NO4P. The maximum Gasteiger partial charge on any atom is 0.350 e. The highest BCUT2D eigenvalue weighted by Gasteiger charge is 2.50. The molecular weight excluding hydrogens is 253 g/mol. The van der Waals surface area contributed by atoms with E-state index in [1.807, 2.05) is 20.8 Å². The molecule has 0 rings (SSSR count). The molecule has 0 saturated carbocycles. The second kappa shape index (κ2) is 6.02. The fraction of sp³-hybridized carbons (Fsp3) is 1.00. The lowest BCUT2D eigenvalue weighted by atomic mass is 9.94. The molecule has 1 radical (unpaired) electrons. The molecule has 0 amide bonds. The average molecular weight is 280 g/mol. The van der Waals surface area contributed by atoms with Gasteiger partial charge in [0.05, 0.1) is 6.61 Å². The second-order valence-corrected chi connectivity index (χ2v) is 8.57. The SMILES string of the molecule is CCOP(=O)(OC)C(N([O])C(C)(C)C)C(C)(C)C. The molecule has 109 valence electrons. The van der Waals surface area contributed by atoms with Gasteiger partial charge in [-0.1, -0.05) is 20.8 Å². The van der Waals surface area contributed by atoms with E-state index in [2.05, 4.69) is 0 Å². The van der Waals surface area contributed by atoms with Crippen molar-refractivity contribution in [1.82, 2.24) is 5.06 Å². The first-order chi connectivity index (χ1) is 7.90. The molecule has 6 heteroatoms. The van der Waals surface area contributed by atoms with Gasteiger partial charge in [0.1, 0.15) is 5.78 Å². The van der Waals surface area contributed by atoms with Crippen LogP contribution in [0.4, 0.5) is 0 Å². The van der Waals surface area contributed by atoms with Gasteiger partial charge in [0, 0.05) is 12.6 Å². The van der Waals surface area contributed by atoms with Crippen LogP contribution in [0.25, 0.3) is 0 Å². The van der Waals surface area contributed by atoms with Crippen LogP contribution in [0.1, 0.15) is 48.5 Å². The topological polar surface area (TPSA) is 58.7 Å². The Hall–Kier alpha value is 0.0700. The molecule has 0 aliphatic heterocycles. The zero-order valence-corrected chi connectivity index (χ0v) is 13.7. The summed E-state index contributed by atoms with van der Waals surface area (Å²) in [4.78, 5) is 0. The van der Waals surface area contributed by atoms with E-state index in [4.69, 9.17) is 9.05 Å². The Morgan fingerprint density at radius 3 is 1.83 bits per heavy atom. The quantitative estimate of drug-likeness (QED) is 0.569. The number of hydrogen-bond acceptors (Lipinski definition) is 4. The molecule has 0 spiro atoms. The van der Waals surface area contributed by atoms with Crippen LogP contribution in [0.3, 0.4) is 0 Å². The minimum absolute atomic E-state index is 0.246. The lowest BCUT2D eigenvalue weighted by Crippen LogP contribution is -2.50. The summed E-state index contributed by atoms with van der Waals surface area (Å²) in [5, 5.41) is 13.3. The Morgan fingerprint density at radius 2 is 1.61 bits per heavy atom. The van der Waals surface area contributed by atoms with Crippen molar-refractivity contribution < 1.29 is 18.8 Å². The summed E-state index contributed by atoms with van der Waals surface area (Å²) >= 11 is 0. The third-order valence-electron chi connectivity index (χ3n) is 2.52. The van der Waals surface area contributed by atoms with E-state index in [9.17, 15) is 9.77 Å². The molecule has 2 unspecified atom stereocenters. The molecule has 0 aromatic rings. The molecule has 0 aromatic heterocycles. The van der Waals surface area contributed by atoms with Crippen LogP contribution in [0.5, 0.6) is 0 Å². The molecule has 2 atom stereocenters. The lowest BCUT2D eigenvalue weighted by Gasteiger charge is -2.43. The van der Waals surface area contributed by atoms with E-state index < -0.39 is 24.3 Å². The minimum atomic E-state index is -3.47. The molecule has 18 heavy (non-hydrogen) atoms. The summed E-state index contributed by atoms with van der Waals surface area (Å²) in [7, 11) is -2.15. The van der Waals surface area contributed by atoms with E-state index in [0.717, 1.165) is 5.06 Å². The van der Waals surface area contributed by atoms with Gasteiger partial charge in [-0.15, -0.1) is 10.3 Å². The van der Waals surface area contributed by atoms with Crippen LogP contribution in [-0.2, 0) is 18.8 Å². The standard InChI is InChI=1S/C12H27NO4P/c1-9-17-18(15,16-8)10(11(2,3)4)13(14)12(5,6)7/h10H,9H2,1-8H3. The number of nitrogens with zero attached hydrogens (tertiary/aromatic N) is 1. The average Bonchev–Trinajstić information content (AvgIpc) is 2.14. The van der Waals surface area contributed by atoms with Crippen LogP contribution in [0.15, 0.2) is 0 Å². The largest absolute Gasteiger partial charge is 0.350 e. The molecule has 0 heterocycles. The molecule has 0 saturated heterocycles. The first kappa shape index (κ1) is 18.1. The van der Waals surface area contributed by atoms with Gasteiger partial charge >= 0.3 is 7.60 Å². The number of rotatable bonds is 5. The monoisotopic (exact) mass is 280 g/mol. The summed E-state index contributed by atoms with van der Waals surface area (Å²) in [6, 6.07) is 0. The normalized spacial score (nSPS) is 18.8. The van der Waals surface area contributed by atoms with Crippen molar-refractivity contribution in [2.45, 2.75) is 59.8 Å². The summed E-state index contributed by atoms with van der Waals surface area (Å²) in [6.45, 7) is 12.9. The molecule has 5 nitrogen and oxygen atoms in total. The van der Waals surface area contributed by atoms with E-state index in [1.54, 1.807) is 27.7 Å². The third-order valence-corrected chi connectivity index (χ3v) is 5.23. The predicted molar refractivity (Wildman–Crippen MR) is 71.8 cm³/mol. The predicted octanol–water partition coefficient (Wildman–Crippen LogP) is 3.68. The fourth-order valence-electron chi connectivity index (χ4n) is 1.72. The first-order valence-corrected chi connectivity index (χ1v) is 7.77. The van der Waals surface area contributed by atoms with Gasteiger partial charge in [-0.05, 0) is 33.1 Å². The summed E-state index contributed by atoms with van der Waals surface area (Å²) in [5.41, 5.74) is -1.18. The van der Waals surface area contributed by atoms with Gasteiger partial charge in [0.2, 0.25) is 0 Å². The van der Waals surface area contributed by atoms with Gasteiger partial charge in [0.15, 0.2) is 0 Å². The van der Waals surface area contributed by atoms with Gasteiger partial charge in [-0.3, -0.25) is 4.57 Å². The number of hydrogen-bond donors (Lipinski definition) is 0. The molecule has 0 N–H and O–H groups in total. The van der Waals surface area contributed by atoms with Crippen LogP contribution in [0, 0.1) is 5.41 Å². The van der Waals surface area contributed by atoms with Crippen molar-refractivity contribution in [1.29, 1.82) is 0 Å². The highest BCUT2D eigenvalue weighted by Crippen LogP contribution is 2.59. The van der Waals surface area contributed by atoms with Gasteiger partial charge in [-0.25, -0.2) is 0 Å². The Kier molecular flexibility index (Phi) is 6.04. The van der Waals surface area contributed by atoms with Gasteiger partial charge in [-0.2, -0.15) is 0 Å². The fourth-order valence-corrected chi connectivity index (χ4v) is 4.08. The summed E-state index contributed by atoms with van der Waals surface area (Å²) in [5.74, 6) is -0.838. The molecule has 0 fully saturated rings. The molecule has 0 bridgehead atoms. The number of hydroxylamine groups is 2. The van der Waals surface area contributed by atoms with E-state index in [-0.39, 0.29) is 6.61 Å². The maximum absolute atomic E-state index is 12.7. The lowest BCUT2D eigenvalue weighted by molar-refractivity contribution is -0.241. The van der Waals surface area contributed by atoms with Crippen molar-refractivity contribution in [3.63, 3.8) is 0 Å². The first-order valence-electron chi connectivity index (χ1n) is 6.16. The molecule has 0 aliphatic rings. The smallest absolute Gasteiger partial charge is 0.311 e. The van der Waals surface area contributed by atoms with Crippen LogP contribution in [0.2, 0.25) is 0 Å². The third kappa shape index (κ3) is 4.32. The summed E-state index contributed by atoms with van der Waals surface area (Å²) < 4.78 is 23.1. The molecule has 0 aliphatic carbocycles. The minimum Gasteiger partial charge on any atom is -0.311 e. The highest BCUT2D eigenvalue weighted by atomic mass is 31.2. The van der Waals surface area contributed by atoms with E-state index >= 15 is 0 Å². The van der Waals surface area contributed by atoms with Crippen LogP contribution in [-0.4, -0.2) is 30.1 Å². The van der Waals surface area contributed by atoms with Gasteiger partial charge < -0.3 is 9.05 Å². The van der Waals surface area contributed by atoms with Crippen molar-refractivity contribution in [3.05, 3.63) is 0 Å². The zero-order valence-electron chi connectivity index (χ0n) is 12.8. The maximum atomic E-state index is 12.7. The van der Waals surface area contributed by atoms with Crippen LogP contribution < -0.4 is 0 Å². The highest BCUT2D eigenvalue weighted by molar-refractivity contribution is 7.54.